The number of hydrogen-bond donors (Lipinski definition) is 1. The third-order valence-corrected chi connectivity index (χ3v) is 4.38. The topological polar surface area (TPSA) is 12.0 Å². The van der Waals surface area contributed by atoms with Gasteiger partial charge in [0.05, 0.1) is 5.88 Å². The van der Waals surface area contributed by atoms with Crippen LogP contribution in [0.1, 0.15) is 46.0 Å². The van der Waals surface area contributed by atoms with E-state index in [9.17, 15) is 4.39 Å². The van der Waals surface area contributed by atoms with Crippen LogP contribution >= 0.6 is 11.8 Å². The molecule has 0 aliphatic rings. The molecule has 0 bridgehead atoms. The number of thioether (sulfide) groups is 1. The minimum atomic E-state index is -0.181. The quantitative estimate of drug-likeness (QED) is 0.483. The van der Waals surface area contributed by atoms with Crippen molar-refractivity contribution < 1.29 is 4.39 Å². The molecule has 102 valence electrons. The van der Waals surface area contributed by atoms with Crippen molar-refractivity contribution in [1.82, 2.24) is 0 Å². The predicted molar refractivity (Wildman–Crippen MR) is 80.7 cm³/mol. The molecule has 1 nitrogen and oxygen atoms in total. The van der Waals surface area contributed by atoms with Crippen molar-refractivity contribution in [3.05, 3.63) is 30.1 Å². The van der Waals surface area contributed by atoms with Gasteiger partial charge >= 0.3 is 0 Å². The zero-order valence-corrected chi connectivity index (χ0v) is 12.2. The molecule has 0 saturated carbocycles. The van der Waals surface area contributed by atoms with Crippen LogP contribution in [0.25, 0.3) is 0 Å². The van der Waals surface area contributed by atoms with Gasteiger partial charge in [-0.25, -0.2) is 4.39 Å². The molecule has 0 fully saturated rings. The number of nitrogens with one attached hydrogen (secondary N) is 1. The van der Waals surface area contributed by atoms with Gasteiger partial charge in [0.15, 0.2) is 0 Å². The Balaban J connectivity index is 2.20. The van der Waals surface area contributed by atoms with Gasteiger partial charge in [-0.2, -0.15) is 0 Å². The number of halogens is 1. The van der Waals surface area contributed by atoms with E-state index < -0.39 is 0 Å². The Morgan fingerprint density at radius 2 is 1.89 bits per heavy atom. The number of unbranched alkanes of at least 4 members (excludes halogenated alkanes) is 2. The van der Waals surface area contributed by atoms with Crippen LogP contribution < -0.4 is 5.32 Å². The number of hydrogen-bond acceptors (Lipinski definition) is 2. The Labute approximate surface area is 115 Å². The summed E-state index contributed by atoms with van der Waals surface area (Å²) in [5.41, 5.74) is 0.993. The average Bonchev–Trinajstić information content (AvgIpc) is 2.39. The van der Waals surface area contributed by atoms with E-state index >= 15 is 0 Å². The molecular formula is C15H24FNS. The maximum atomic E-state index is 12.7. The first kappa shape index (κ1) is 15.4. The van der Waals surface area contributed by atoms with E-state index in [-0.39, 0.29) is 5.82 Å². The van der Waals surface area contributed by atoms with Crippen LogP contribution in [0.5, 0.6) is 0 Å². The Kier molecular flexibility index (Phi) is 7.90. The minimum absolute atomic E-state index is 0.181. The van der Waals surface area contributed by atoms with Gasteiger partial charge in [-0.1, -0.05) is 33.1 Å². The molecular weight excluding hydrogens is 245 g/mol. The molecule has 0 heterocycles. The number of anilines is 1. The second-order valence-electron chi connectivity index (χ2n) is 4.52. The van der Waals surface area contributed by atoms with Crippen LogP contribution in [0.4, 0.5) is 10.1 Å². The summed E-state index contributed by atoms with van der Waals surface area (Å²) in [5, 5.41) is 4.06. The van der Waals surface area contributed by atoms with Crippen molar-refractivity contribution in [1.29, 1.82) is 0 Å². The largest absolute Gasteiger partial charge is 0.376 e. The number of rotatable bonds is 9. The standard InChI is InChI=1S/C15H24FNS/c1-3-5-6-7-15(4-2)18-12-17-14-10-8-13(16)9-11-14/h8-11,15,17H,3-7,12H2,1-2H3/t15-/m1/s1. The van der Waals surface area contributed by atoms with Crippen molar-refractivity contribution in [2.45, 2.75) is 51.2 Å². The zero-order valence-electron chi connectivity index (χ0n) is 11.4. The molecule has 18 heavy (non-hydrogen) atoms. The molecule has 1 atom stereocenters. The van der Waals surface area contributed by atoms with E-state index in [1.54, 1.807) is 12.1 Å². The molecule has 1 aromatic rings. The van der Waals surface area contributed by atoms with Gasteiger partial charge in [-0.05, 0) is 37.1 Å². The van der Waals surface area contributed by atoms with Gasteiger partial charge in [0.1, 0.15) is 5.82 Å². The predicted octanol–water partition coefficient (Wildman–Crippen LogP) is 5.29. The Morgan fingerprint density at radius 1 is 1.17 bits per heavy atom. The van der Waals surface area contributed by atoms with E-state index in [1.165, 1.54) is 44.2 Å². The lowest BCUT2D eigenvalue weighted by Gasteiger charge is -2.15. The van der Waals surface area contributed by atoms with Crippen molar-refractivity contribution >= 4 is 17.4 Å². The SMILES string of the molecule is CCCCC[C@@H](CC)SCNc1ccc(F)cc1. The van der Waals surface area contributed by atoms with Gasteiger partial charge in [-0.3, -0.25) is 0 Å². The van der Waals surface area contributed by atoms with Gasteiger partial charge in [0.25, 0.3) is 0 Å². The third kappa shape index (κ3) is 6.29. The lowest BCUT2D eigenvalue weighted by atomic mass is 10.1. The van der Waals surface area contributed by atoms with E-state index in [4.69, 9.17) is 0 Å². The summed E-state index contributed by atoms with van der Waals surface area (Å²) in [6, 6.07) is 6.55. The molecule has 1 rings (SSSR count). The molecule has 1 aromatic carbocycles. The maximum Gasteiger partial charge on any atom is 0.123 e. The van der Waals surface area contributed by atoms with Gasteiger partial charge in [-0.15, -0.1) is 11.8 Å². The lowest BCUT2D eigenvalue weighted by molar-refractivity contribution is 0.628. The molecule has 0 amide bonds. The van der Waals surface area contributed by atoms with E-state index in [2.05, 4.69) is 19.2 Å². The molecule has 1 N–H and O–H groups in total. The first-order chi connectivity index (χ1) is 8.76. The smallest absolute Gasteiger partial charge is 0.123 e. The second-order valence-corrected chi connectivity index (χ2v) is 5.81. The zero-order chi connectivity index (χ0) is 13.2. The first-order valence-corrected chi connectivity index (χ1v) is 7.92. The Hall–Kier alpha value is -0.700. The third-order valence-electron chi connectivity index (χ3n) is 3.02. The highest BCUT2D eigenvalue weighted by Crippen LogP contribution is 2.21. The minimum Gasteiger partial charge on any atom is -0.376 e. The highest BCUT2D eigenvalue weighted by molar-refractivity contribution is 7.99. The molecule has 0 aromatic heterocycles. The molecule has 0 saturated heterocycles. The lowest BCUT2D eigenvalue weighted by Crippen LogP contribution is -2.06. The van der Waals surface area contributed by atoms with Gasteiger partial charge < -0.3 is 5.32 Å². The fourth-order valence-corrected chi connectivity index (χ4v) is 2.89. The highest BCUT2D eigenvalue weighted by Gasteiger charge is 2.05. The first-order valence-electron chi connectivity index (χ1n) is 6.87. The molecule has 0 radical (unpaired) electrons. The van der Waals surface area contributed by atoms with Crippen molar-refractivity contribution in [3.8, 4) is 0 Å². The van der Waals surface area contributed by atoms with Crippen LogP contribution in [0.15, 0.2) is 24.3 Å². The molecule has 3 heteroatoms. The molecule has 0 unspecified atom stereocenters. The second kappa shape index (κ2) is 9.26. The van der Waals surface area contributed by atoms with Crippen LogP contribution in [-0.4, -0.2) is 11.1 Å². The van der Waals surface area contributed by atoms with E-state index in [1.807, 2.05) is 11.8 Å². The van der Waals surface area contributed by atoms with Crippen LogP contribution in [0.3, 0.4) is 0 Å². The van der Waals surface area contributed by atoms with Gasteiger partial charge in [0, 0.05) is 10.9 Å². The summed E-state index contributed by atoms with van der Waals surface area (Å²) >= 11 is 1.97. The summed E-state index contributed by atoms with van der Waals surface area (Å²) in [7, 11) is 0. The van der Waals surface area contributed by atoms with Crippen LogP contribution in [0.2, 0.25) is 0 Å². The Morgan fingerprint density at radius 3 is 2.50 bits per heavy atom. The van der Waals surface area contributed by atoms with Crippen LogP contribution in [0, 0.1) is 5.82 Å². The monoisotopic (exact) mass is 269 g/mol. The molecule has 0 spiro atoms. The summed E-state index contributed by atoms with van der Waals surface area (Å²) < 4.78 is 12.7. The Bertz CT molecular complexity index is 313. The highest BCUT2D eigenvalue weighted by atomic mass is 32.2. The normalized spacial score (nSPS) is 12.4. The molecule has 0 aliphatic heterocycles. The summed E-state index contributed by atoms with van der Waals surface area (Å²) in [6.07, 6.45) is 6.48. The summed E-state index contributed by atoms with van der Waals surface area (Å²) in [6.45, 7) is 4.49. The van der Waals surface area contributed by atoms with Crippen molar-refractivity contribution in [3.63, 3.8) is 0 Å². The summed E-state index contributed by atoms with van der Waals surface area (Å²) in [4.78, 5) is 0. The average molecular weight is 269 g/mol. The van der Waals surface area contributed by atoms with Crippen LogP contribution in [-0.2, 0) is 0 Å². The van der Waals surface area contributed by atoms with E-state index in [0.717, 1.165) is 16.8 Å². The fraction of sp³-hybridized carbons (Fsp3) is 0.600. The molecule has 0 aliphatic carbocycles. The van der Waals surface area contributed by atoms with E-state index in [0.29, 0.717) is 0 Å². The van der Waals surface area contributed by atoms with Crippen molar-refractivity contribution in [2.24, 2.45) is 0 Å². The summed E-state index contributed by atoms with van der Waals surface area (Å²) in [5.74, 6) is 0.718. The fourth-order valence-electron chi connectivity index (χ4n) is 1.84. The number of benzene rings is 1. The van der Waals surface area contributed by atoms with Crippen molar-refractivity contribution in [2.75, 3.05) is 11.2 Å². The maximum absolute atomic E-state index is 12.7. The van der Waals surface area contributed by atoms with Gasteiger partial charge in [0.2, 0.25) is 0 Å².